The zero-order valence-electron chi connectivity index (χ0n) is 16.4. The van der Waals surface area contributed by atoms with Gasteiger partial charge >= 0.3 is 11.9 Å². The lowest BCUT2D eigenvalue weighted by Crippen LogP contribution is -2.71. The molecular weight excluding hydrogens is 452 g/mol. The van der Waals surface area contributed by atoms with E-state index in [0.717, 1.165) is 16.4 Å². The van der Waals surface area contributed by atoms with Crippen molar-refractivity contribution in [3.8, 4) is 0 Å². The molecule has 3 rings (SSSR count). The van der Waals surface area contributed by atoms with E-state index in [4.69, 9.17) is 15.3 Å². The van der Waals surface area contributed by atoms with Gasteiger partial charge in [-0.1, -0.05) is 5.16 Å². The zero-order chi connectivity index (χ0) is 22.7. The number of oxime groups is 1. The number of ether oxygens (including phenoxy) is 1. The molecule has 0 aliphatic carbocycles. The number of amides is 2. The Balaban J connectivity index is 1.78. The largest absolute Gasteiger partial charge is 0.477 e. The number of nitrogens with zero attached hydrogens (tertiary/aromatic N) is 4. The highest BCUT2D eigenvalue weighted by atomic mass is 32.2. The molecule has 3 heterocycles. The minimum absolute atomic E-state index is 0.0526. The van der Waals surface area contributed by atoms with Crippen LogP contribution in [0.3, 0.4) is 0 Å². The van der Waals surface area contributed by atoms with Crippen LogP contribution in [0.15, 0.2) is 16.4 Å². The number of aromatic nitrogens is 2. The first-order valence-corrected chi connectivity index (χ1v) is 10.7. The Hall–Kier alpha value is -3.20. The van der Waals surface area contributed by atoms with Crippen molar-refractivity contribution in [2.75, 3.05) is 24.7 Å². The highest BCUT2D eigenvalue weighted by Gasteiger charge is 2.54. The highest BCUT2D eigenvalue weighted by molar-refractivity contribution is 8.00. The Morgan fingerprint density at radius 1 is 1.42 bits per heavy atom. The molecule has 2 atom stereocenters. The standard InChI is InChI=1S/C16H18N6O7S2/c1-3-29-20-8(11-19-16(17)31-21-11)12(24)18-9-13(25)22-10(15(26)27)7(4-28-6(2)23)5-30-14(9)22/h9,14H,3-5H2,1-2H3,(H,18,24)(H,26,27)(H2,17,19,21)/b20-8-/t9?,14-/m0/s1. The van der Waals surface area contributed by atoms with Gasteiger partial charge in [-0.3, -0.25) is 19.3 Å². The normalized spacial score (nSPS) is 20.6. The van der Waals surface area contributed by atoms with Gasteiger partial charge in [0.25, 0.3) is 11.8 Å². The minimum Gasteiger partial charge on any atom is -0.477 e. The van der Waals surface area contributed by atoms with Gasteiger partial charge in [0.2, 0.25) is 11.5 Å². The van der Waals surface area contributed by atoms with E-state index in [-0.39, 0.29) is 41.3 Å². The molecule has 0 bridgehead atoms. The summed E-state index contributed by atoms with van der Waals surface area (Å²) >= 11 is 2.10. The lowest BCUT2D eigenvalue weighted by molar-refractivity contribution is -0.150. The molecule has 4 N–H and O–H groups in total. The summed E-state index contributed by atoms with van der Waals surface area (Å²) in [5.74, 6) is -3.13. The van der Waals surface area contributed by atoms with Crippen molar-refractivity contribution in [1.29, 1.82) is 0 Å². The molecule has 31 heavy (non-hydrogen) atoms. The number of nitrogens with two attached hydrogens (primary N) is 1. The highest BCUT2D eigenvalue weighted by Crippen LogP contribution is 2.40. The number of hydrogen-bond acceptors (Lipinski definition) is 12. The maximum atomic E-state index is 12.7. The van der Waals surface area contributed by atoms with E-state index in [1.54, 1.807) is 6.92 Å². The topological polar surface area (TPSA) is 186 Å². The number of nitrogen functional groups attached to an aromatic ring is 1. The average molecular weight is 470 g/mol. The molecule has 15 heteroatoms. The number of anilines is 1. The van der Waals surface area contributed by atoms with Crippen LogP contribution >= 0.6 is 23.3 Å². The van der Waals surface area contributed by atoms with Gasteiger partial charge in [0.1, 0.15) is 30.3 Å². The van der Waals surface area contributed by atoms with Crippen molar-refractivity contribution in [3.63, 3.8) is 0 Å². The van der Waals surface area contributed by atoms with Crippen molar-refractivity contribution in [2.24, 2.45) is 5.16 Å². The van der Waals surface area contributed by atoms with Gasteiger partial charge in [-0.15, -0.1) is 11.8 Å². The molecule has 166 valence electrons. The summed E-state index contributed by atoms with van der Waals surface area (Å²) in [5, 5.41) is 15.3. The molecule has 1 unspecified atom stereocenters. The van der Waals surface area contributed by atoms with Crippen LogP contribution in [0.4, 0.5) is 5.13 Å². The summed E-state index contributed by atoms with van der Waals surface area (Å²) in [6.45, 7) is 2.82. The molecule has 1 aromatic rings. The molecule has 1 aromatic heterocycles. The molecule has 0 spiro atoms. The van der Waals surface area contributed by atoms with Gasteiger partial charge in [-0.05, 0) is 6.92 Å². The fraction of sp³-hybridized carbons (Fsp3) is 0.438. The number of carboxylic acid groups (broad SMARTS) is 1. The maximum absolute atomic E-state index is 12.7. The second kappa shape index (κ2) is 9.30. The number of thioether (sulfide) groups is 1. The Morgan fingerprint density at radius 2 is 2.16 bits per heavy atom. The van der Waals surface area contributed by atoms with Gasteiger partial charge in [0.05, 0.1) is 0 Å². The number of carboxylic acids is 1. The van der Waals surface area contributed by atoms with E-state index in [1.165, 1.54) is 18.7 Å². The third-order valence-corrected chi connectivity index (χ3v) is 6.02. The molecule has 2 aliphatic rings. The van der Waals surface area contributed by atoms with Crippen molar-refractivity contribution >= 4 is 57.9 Å². The number of aliphatic carboxylic acids is 1. The van der Waals surface area contributed by atoms with Crippen LogP contribution in [0.2, 0.25) is 0 Å². The monoisotopic (exact) mass is 470 g/mol. The second-order valence-electron chi connectivity index (χ2n) is 6.21. The lowest BCUT2D eigenvalue weighted by Gasteiger charge is -2.49. The number of fused-ring (bicyclic) bond motifs is 1. The van der Waals surface area contributed by atoms with Gasteiger partial charge in [-0.25, -0.2) is 4.79 Å². The average Bonchev–Trinajstić information content (AvgIpc) is 3.15. The van der Waals surface area contributed by atoms with E-state index in [0.29, 0.717) is 5.57 Å². The molecule has 0 saturated carbocycles. The quantitative estimate of drug-likeness (QED) is 0.186. The van der Waals surface area contributed by atoms with Crippen LogP contribution in [-0.2, 0) is 28.8 Å². The lowest BCUT2D eigenvalue weighted by atomic mass is 10.0. The summed E-state index contributed by atoms with van der Waals surface area (Å²) in [6, 6.07) is -0.995. The fourth-order valence-electron chi connectivity index (χ4n) is 2.84. The Labute approximate surface area is 183 Å². The van der Waals surface area contributed by atoms with E-state index < -0.39 is 35.2 Å². The number of nitrogens with one attached hydrogen (secondary N) is 1. The van der Waals surface area contributed by atoms with Crippen molar-refractivity contribution in [2.45, 2.75) is 25.3 Å². The second-order valence-corrected chi connectivity index (χ2v) is 8.10. The summed E-state index contributed by atoms with van der Waals surface area (Å²) in [7, 11) is 0. The molecule has 2 amide bonds. The number of carbonyl (C=O) groups is 4. The third kappa shape index (κ3) is 4.61. The first-order chi connectivity index (χ1) is 14.7. The predicted octanol–water partition coefficient (Wildman–Crippen LogP) is -0.837. The van der Waals surface area contributed by atoms with Crippen LogP contribution < -0.4 is 11.1 Å². The van der Waals surface area contributed by atoms with Crippen molar-refractivity contribution in [3.05, 3.63) is 17.1 Å². The molecule has 0 aromatic carbocycles. The molecule has 1 fully saturated rings. The van der Waals surface area contributed by atoms with Crippen molar-refractivity contribution in [1.82, 2.24) is 19.6 Å². The van der Waals surface area contributed by atoms with Gasteiger partial charge in [-0.2, -0.15) is 9.36 Å². The van der Waals surface area contributed by atoms with E-state index >= 15 is 0 Å². The van der Waals surface area contributed by atoms with Crippen LogP contribution in [-0.4, -0.2) is 79.2 Å². The van der Waals surface area contributed by atoms with Crippen LogP contribution in [0, 0.1) is 0 Å². The summed E-state index contributed by atoms with van der Waals surface area (Å²) < 4.78 is 8.81. The van der Waals surface area contributed by atoms with Crippen LogP contribution in [0.25, 0.3) is 0 Å². The number of carbonyl (C=O) groups excluding carboxylic acids is 3. The smallest absolute Gasteiger partial charge is 0.352 e. The van der Waals surface area contributed by atoms with E-state index in [1.807, 2.05) is 0 Å². The van der Waals surface area contributed by atoms with Gasteiger partial charge in [0, 0.05) is 29.8 Å². The fourth-order valence-corrected chi connectivity index (χ4v) is 4.60. The Kier molecular flexibility index (Phi) is 6.74. The first-order valence-electron chi connectivity index (χ1n) is 8.88. The number of esters is 1. The van der Waals surface area contributed by atoms with Gasteiger partial charge < -0.3 is 25.7 Å². The number of β-lactam (4-membered cyclic amide) rings is 1. The summed E-state index contributed by atoms with van der Waals surface area (Å²) in [6.07, 6.45) is 0. The van der Waals surface area contributed by atoms with Crippen LogP contribution in [0.5, 0.6) is 0 Å². The predicted molar refractivity (Wildman–Crippen MR) is 109 cm³/mol. The minimum atomic E-state index is -1.33. The van der Waals surface area contributed by atoms with E-state index in [9.17, 15) is 24.3 Å². The molecule has 13 nitrogen and oxygen atoms in total. The van der Waals surface area contributed by atoms with Crippen LogP contribution in [0.1, 0.15) is 19.7 Å². The maximum Gasteiger partial charge on any atom is 0.352 e. The zero-order valence-corrected chi connectivity index (χ0v) is 18.0. The van der Waals surface area contributed by atoms with Gasteiger partial charge in [0.15, 0.2) is 5.13 Å². The molecule has 2 aliphatic heterocycles. The number of hydrogen-bond donors (Lipinski definition) is 3. The third-order valence-electron chi connectivity index (χ3n) is 4.14. The Bertz CT molecular complexity index is 991. The first kappa shape index (κ1) is 22.5. The van der Waals surface area contributed by atoms with Crippen molar-refractivity contribution < 1.29 is 33.9 Å². The summed E-state index contributed by atoms with van der Waals surface area (Å²) in [4.78, 5) is 58.1. The SMILES string of the molecule is CCO/N=C(\C(=O)NC1C(=O)N2C(C(=O)O)=C(COC(C)=O)CS[C@@H]12)c1nsc(N)n1. The molecular formula is C16H18N6O7S2. The number of rotatable bonds is 8. The summed E-state index contributed by atoms with van der Waals surface area (Å²) in [5.41, 5.74) is 5.34. The van der Waals surface area contributed by atoms with E-state index in [2.05, 4.69) is 19.8 Å². The Morgan fingerprint density at radius 3 is 2.74 bits per heavy atom. The molecule has 1 saturated heterocycles. The molecule has 0 radical (unpaired) electrons.